The Kier molecular flexibility index (Phi) is 5.94. The Morgan fingerprint density at radius 1 is 0.879 bits per heavy atom. The number of benzene rings is 3. The number of piperazine rings is 1. The third-order valence-corrected chi connectivity index (χ3v) is 6.20. The summed E-state index contributed by atoms with van der Waals surface area (Å²) in [5.41, 5.74) is 2.57. The van der Waals surface area contributed by atoms with Gasteiger partial charge in [0.25, 0.3) is 0 Å². The minimum atomic E-state index is -0.422. The molecule has 0 saturated carbocycles. The number of halogens is 1. The number of carbonyl (C=O) groups excluding carboxylic acids is 1. The second kappa shape index (κ2) is 9.17. The van der Waals surface area contributed by atoms with E-state index in [1.165, 1.54) is 23.8 Å². The highest BCUT2D eigenvalue weighted by Gasteiger charge is 2.32. The minimum Gasteiger partial charge on any atom is -0.507 e. The monoisotopic (exact) mass is 444 g/mol. The zero-order chi connectivity index (χ0) is 22.8. The number of phenolic OH excluding ortho intramolecular Hbond substituents is 1. The quantitative estimate of drug-likeness (QED) is 0.589. The Morgan fingerprint density at radius 2 is 1.55 bits per heavy atom. The van der Waals surface area contributed by atoms with Crippen molar-refractivity contribution < 1.29 is 19.0 Å². The highest BCUT2D eigenvalue weighted by molar-refractivity contribution is 6.15. The van der Waals surface area contributed by atoms with Crippen molar-refractivity contribution in [3.63, 3.8) is 0 Å². The van der Waals surface area contributed by atoms with Crippen LogP contribution in [0.5, 0.6) is 11.5 Å². The van der Waals surface area contributed by atoms with Crippen molar-refractivity contribution in [2.24, 2.45) is 0 Å². The van der Waals surface area contributed by atoms with Gasteiger partial charge in [0, 0.05) is 44.8 Å². The van der Waals surface area contributed by atoms with Gasteiger partial charge >= 0.3 is 0 Å². The van der Waals surface area contributed by atoms with Crippen LogP contribution in [-0.4, -0.2) is 46.9 Å². The smallest absolute Gasteiger partial charge is 0.231 e. The highest BCUT2D eigenvalue weighted by atomic mass is 19.1. The summed E-state index contributed by atoms with van der Waals surface area (Å²) in [4.78, 5) is 17.5. The Bertz CT molecular complexity index is 1200. The van der Waals surface area contributed by atoms with Gasteiger partial charge in [0.1, 0.15) is 17.3 Å². The van der Waals surface area contributed by atoms with Crippen molar-refractivity contribution in [2.45, 2.75) is 13.1 Å². The number of ether oxygens (including phenoxy) is 1. The molecule has 0 spiro atoms. The van der Waals surface area contributed by atoms with E-state index in [1.807, 2.05) is 6.07 Å². The number of ketones is 1. The molecule has 0 unspecified atom stereocenters. The summed E-state index contributed by atoms with van der Waals surface area (Å²) in [5, 5.41) is 10.6. The summed E-state index contributed by atoms with van der Waals surface area (Å²) in [7, 11) is 0. The van der Waals surface area contributed by atoms with Crippen LogP contribution in [0.15, 0.2) is 72.5 Å². The number of hydrogen-bond acceptors (Lipinski definition) is 5. The molecule has 0 aliphatic carbocycles. The first-order valence-corrected chi connectivity index (χ1v) is 11.1. The van der Waals surface area contributed by atoms with Gasteiger partial charge in [-0.05, 0) is 29.8 Å². The van der Waals surface area contributed by atoms with Crippen LogP contribution >= 0.6 is 0 Å². The molecule has 1 fully saturated rings. The number of fused-ring (bicyclic) bond motifs is 1. The molecule has 33 heavy (non-hydrogen) atoms. The lowest BCUT2D eigenvalue weighted by molar-refractivity contribution is 0.101. The fourth-order valence-corrected chi connectivity index (χ4v) is 4.35. The van der Waals surface area contributed by atoms with E-state index in [2.05, 4.69) is 34.1 Å². The van der Waals surface area contributed by atoms with Gasteiger partial charge in [-0.15, -0.1) is 0 Å². The fourth-order valence-electron chi connectivity index (χ4n) is 4.35. The molecule has 5 rings (SSSR count). The molecule has 0 aromatic heterocycles. The van der Waals surface area contributed by atoms with Gasteiger partial charge in [-0.25, -0.2) is 4.39 Å². The number of phenols is 1. The van der Waals surface area contributed by atoms with Crippen molar-refractivity contribution in [2.75, 3.05) is 26.2 Å². The lowest BCUT2D eigenvalue weighted by Gasteiger charge is -2.35. The highest BCUT2D eigenvalue weighted by Crippen LogP contribution is 2.40. The first kappa shape index (κ1) is 21.4. The van der Waals surface area contributed by atoms with Gasteiger partial charge in [-0.1, -0.05) is 48.5 Å². The van der Waals surface area contributed by atoms with Gasteiger partial charge in [-0.2, -0.15) is 0 Å². The number of Topliss-reactive ketones (excluding diaryl/α,β-unsaturated/α-hetero) is 1. The van der Waals surface area contributed by atoms with E-state index in [0.29, 0.717) is 23.4 Å². The molecule has 2 aliphatic heterocycles. The van der Waals surface area contributed by atoms with Crippen LogP contribution in [-0.2, 0) is 13.1 Å². The average molecular weight is 445 g/mol. The predicted octanol–water partition coefficient (Wildman–Crippen LogP) is 4.47. The number of carbonyl (C=O) groups is 1. The molecule has 1 saturated heterocycles. The first-order chi connectivity index (χ1) is 16.1. The summed E-state index contributed by atoms with van der Waals surface area (Å²) in [5.74, 6) is -0.194. The fraction of sp³-hybridized carbons (Fsp3) is 0.222. The van der Waals surface area contributed by atoms with Crippen molar-refractivity contribution in [3.8, 4) is 11.5 Å². The summed E-state index contributed by atoms with van der Waals surface area (Å²) >= 11 is 0. The summed E-state index contributed by atoms with van der Waals surface area (Å²) in [6.07, 6.45) is 1.42. The molecular formula is C27H25FN2O3. The molecule has 5 nitrogen and oxygen atoms in total. The molecule has 3 aromatic carbocycles. The molecule has 1 N–H and O–H groups in total. The number of rotatable bonds is 5. The number of nitrogens with zero attached hydrogens (tertiary/aromatic N) is 2. The van der Waals surface area contributed by atoms with Crippen LogP contribution in [0, 0.1) is 5.82 Å². The molecule has 6 heteroatoms. The Labute approximate surface area is 192 Å². The molecule has 2 heterocycles. The standard InChI is InChI=1S/C27H25FN2O3/c28-23-9-5-4-8-20(23)16-25-26(32)21-10-11-24(31)22(27(21)33-25)18-30-14-12-29(13-15-30)17-19-6-2-1-3-7-19/h1-11,16,31H,12-15,17-18H2/b25-16-. The zero-order valence-electron chi connectivity index (χ0n) is 18.2. The van der Waals surface area contributed by atoms with E-state index in [9.17, 15) is 14.3 Å². The molecule has 0 radical (unpaired) electrons. The van der Waals surface area contributed by atoms with Crippen molar-refractivity contribution >= 4 is 11.9 Å². The number of hydrogen-bond donors (Lipinski definition) is 1. The third-order valence-electron chi connectivity index (χ3n) is 6.20. The maximum absolute atomic E-state index is 14.1. The van der Waals surface area contributed by atoms with E-state index >= 15 is 0 Å². The Hall–Kier alpha value is -3.48. The van der Waals surface area contributed by atoms with Crippen molar-refractivity contribution in [3.05, 3.63) is 101 Å². The van der Waals surface area contributed by atoms with E-state index in [-0.39, 0.29) is 22.9 Å². The van der Waals surface area contributed by atoms with Gasteiger partial charge in [0.15, 0.2) is 5.76 Å². The van der Waals surface area contributed by atoms with E-state index in [1.54, 1.807) is 24.3 Å². The van der Waals surface area contributed by atoms with Crippen LogP contribution in [0.3, 0.4) is 0 Å². The molecule has 0 amide bonds. The maximum Gasteiger partial charge on any atom is 0.231 e. The second-order valence-corrected chi connectivity index (χ2v) is 8.44. The van der Waals surface area contributed by atoms with Crippen LogP contribution in [0.2, 0.25) is 0 Å². The minimum absolute atomic E-state index is 0.0645. The molecule has 0 atom stereocenters. The van der Waals surface area contributed by atoms with Crippen molar-refractivity contribution in [1.29, 1.82) is 0 Å². The number of aromatic hydroxyl groups is 1. The lowest BCUT2D eigenvalue weighted by Crippen LogP contribution is -2.45. The maximum atomic E-state index is 14.1. The summed E-state index contributed by atoms with van der Waals surface area (Å²) in [6.45, 7) is 4.94. The molecular weight excluding hydrogens is 419 g/mol. The van der Waals surface area contributed by atoms with Crippen LogP contribution in [0.4, 0.5) is 4.39 Å². The van der Waals surface area contributed by atoms with Crippen molar-refractivity contribution in [1.82, 2.24) is 9.80 Å². The SMILES string of the molecule is O=C1/C(=C/c2ccccc2F)Oc2c1ccc(O)c2CN1CCN(Cc2ccccc2)CC1. The van der Waals surface area contributed by atoms with Gasteiger partial charge in [0.2, 0.25) is 5.78 Å². The molecule has 2 aliphatic rings. The van der Waals surface area contributed by atoms with Gasteiger partial charge in [-0.3, -0.25) is 14.6 Å². The summed E-state index contributed by atoms with van der Waals surface area (Å²) in [6, 6.07) is 19.7. The lowest BCUT2D eigenvalue weighted by atomic mass is 10.0. The summed E-state index contributed by atoms with van der Waals surface area (Å²) < 4.78 is 19.9. The van der Waals surface area contributed by atoms with Gasteiger partial charge in [0.05, 0.1) is 11.1 Å². The first-order valence-electron chi connectivity index (χ1n) is 11.1. The van der Waals surface area contributed by atoms with E-state index in [4.69, 9.17) is 4.74 Å². The largest absolute Gasteiger partial charge is 0.507 e. The predicted molar refractivity (Wildman–Crippen MR) is 124 cm³/mol. The zero-order valence-corrected chi connectivity index (χ0v) is 18.2. The molecule has 3 aromatic rings. The van der Waals surface area contributed by atoms with Crippen LogP contribution in [0.1, 0.15) is 27.0 Å². The topological polar surface area (TPSA) is 53.0 Å². The Balaban J connectivity index is 1.30. The van der Waals surface area contributed by atoms with Crippen LogP contribution < -0.4 is 4.74 Å². The van der Waals surface area contributed by atoms with E-state index < -0.39 is 5.82 Å². The molecule has 0 bridgehead atoms. The normalized spacial score (nSPS) is 17.8. The number of allylic oxidation sites excluding steroid dienone is 1. The third kappa shape index (κ3) is 4.53. The van der Waals surface area contributed by atoms with E-state index in [0.717, 1.165) is 32.7 Å². The second-order valence-electron chi connectivity index (χ2n) is 8.44. The van der Waals surface area contributed by atoms with Gasteiger partial charge < -0.3 is 9.84 Å². The molecule has 168 valence electrons. The van der Waals surface area contributed by atoms with Crippen LogP contribution in [0.25, 0.3) is 6.08 Å². The average Bonchev–Trinajstić information content (AvgIpc) is 3.14. The Morgan fingerprint density at radius 3 is 2.27 bits per heavy atom.